The molecule has 0 saturated heterocycles. The molecular weight excluding hydrogens is 267 g/mol. The number of halogens is 1. The molecule has 1 atom stereocenters. The molecule has 1 rings (SSSR count). The van der Waals surface area contributed by atoms with E-state index in [-0.39, 0.29) is 5.82 Å². The summed E-state index contributed by atoms with van der Waals surface area (Å²) in [6.07, 6.45) is 1.02. The first-order valence-corrected chi connectivity index (χ1v) is 7.48. The van der Waals surface area contributed by atoms with Crippen LogP contribution in [-0.2, 0) is 6.54 Å². The van der Waals surface area contributed by atoms with Gasteiger partial charge in [-0.3, -0.25) is 0 Å². The normalized spacial score (nSPS) is 13.0. The molecule has 0 amide bonds. The van der Waals surface area contributed by atoms with Gasteiger partial charge in [0.1, 0.15) is 5.82 Å². The molecule has 0 aliphatic carbocycles. The number of hydrogen-bond donors (Lipinski definition) is 2. The molecule has 1 aromatic rings. The second kappa shape index (κ2) is 8.49. The molecule has 0 aliphatic rings. The van der Waals surface area contributed by atoms with Crippen LogP contribution in [0, 0.1) is 5.82 Å². The number of nitrogens with one attached hydrogen (secondary N) is 2. The molecule has 0 radical (unpaired) electrons. The maximum absolute atomic E-state index is 13.9. The molecule has 0 fully saturated rings. The highest BCUT2D eigenvalue weighted by Crippen LogP contribution is 2.18. The molecule has 4 nitrogen and oxygen atoms in total. The van der Waals surface area contributed by atoms with Crippen LogP contribution in [-0.4, -0.2) is 32.6 Å². The van der Waals surface area contributed by atoms with Gasteiger partial charge in [0.05, 0.1) is 12.2 Å². The number of nitrogens with zero attached hydrogens (tertiary/aromatic N) is 2. The minimum atomic E-state index is -0.215. The SMILES string of the molecule is CCNC(=NCc1ccc(N(C)C)c(F)c1)NC(C)CC. The number of hydrogen-bond acceptors (Lipinski definition) is 2. The summed E-state index contributed by atoms with van der Waals surface area (Å²) < 4.78 is 13.9. The Labute approximate surface area is 127 Å². The number of guanidine groups is 1. The largest absolute Gasteiger partial charge is 0.375 e. The summed E-state index contributed by atoms with van der Waals surface area (Å²) in [6.45, 7) is 7.51. The lowest BCUT2D eigenvalue weighted by Gasteiger charge is -2.16. The van der Waals surface area contributed by atoms with Gasteiger partial charge >= 0.3 is 0 Å². The maximum atomic E-state index is 13.9. The van der Waals surface area contributed by atoms with Gasteiger partial charge in [0.15, 0.2) is 5.96 Å². The van der Waals surface area contributed by atoms with Gasteiger partial charge < -0.3 is 15.5 Å². The van der Waals surface area contributed by atoms with Gasteiger partial charge in [-0.05, 0) is 38.0 Å². The molecule has 2 N–H and O–H groups in total. The fourth-order valence-corrected chi connectivity index (χ4v) is 1.84. The van der Waals surface area contributed by atoms with Crippen molar-refractivity contribution in [3.05, 3.63) is 29.6 Å². The first-order chi connectivity index (χ1) is 9.97. The van der Waals surface area contributed by atoms with Crippen molar-refractivity contribution in [1.29, 1.82) is 0 Å². The third-order valence-electron chi connectivity index (χ3n) is 3.25. The van der Waals surface area contributed by atoms with E-state index < -0.39 is 0 Å². The zero-order chi connectivity index (χ0) is 15.8. The minimum absolute atomic E-state index is 0.215. The Kier molecular flexibility index (Phi) is 6.99. The van der Waals surface area contributed by atoms with Gasteiger partial charge in [-0.25, -0.2) is 9.38 Å². The Morgan fingerprint density at radius 1 is 1.33 bits per heavy atom. The second-order valence-corrected chi connectivity index (χ2v) is 5.33. The van der Waals surface area contributed by atoms with E-state index in [1.165, 1.54) is 0 Å². The van der Waals surface area contributed by atoms with Gasteiger partial charge in [0.25, 0.3) is 0 Å². The zero-order valence-electron chi connectivity index (χ0n) is 13.7. The van der Waals surface area contributed by atoms with E-state index in [1.54, 1.807) is 17.0 Å². The van der Waals surface area contributed by atoms with Crippen LogP contribution >= 0.6 is 0 Å². The number of rotatable bonds is 6. The van der Waals surface area contributed by atoms with Crippen molar-refractivity contribution in [2.45, 2.75) is 39.8 Å². The monoisotopic (exact) mass is 294 g/mol. The lowest BCUT2D eigenvalue weighted by atomic mass is 10.2. The quantitative estimate of drug-likeness (QED) is 0.626. The van der Waals surface area contributed by atoms with Crippen LogP contribution in [0.15, 0.2) is 23.2 Å². The zero-order valence-corrected chi connectivity index (χ0v) is 13.7. The summed E-state index contributed by atoms with van der Waals surface area (Å²) in [6, 6.07) is 5.60. The highest BCUT2D eigenvalue weighted by molar-refractivity contribution is 5.80. The Hall–Kier alpha value is -1.78. The highest BCUT2D eigenvalue weighted by Gasteiger charge is 2.06. The molecule has 1 aromatic carbocycles. The number of aliphatic imine (C=N–C) groups is 1. The minimum Gasteiger partial charge on any atom is -0.375 e. The predicted octanol–water partition coefficient (Wildman–Crippen LogP) is 2.75. The first kappa shape index (κ1) is 17.3. The molecular formula is C16H27FN4. The summed E-state index contributed by atoms with van der Waals surface area (Å²) in [5, 5.41) is 6.52. The van der Waals surface area contributed by atoms with Crippen LogP contribution in [0.3, 0.4) is 0 Å². The molecule has 5 heteroatoms. The van der Waals surface area contributed by atoms with E-state index in [0.29, 0.717) is 18.3 Å². The van der Waals surface area contributed by atoms with Crippen molar-refractivity contribution in [2.75, 3.05) is 25.5 Å². The van der Waals surface area contributed by atoms with Gasteiger partial charge in [-0.15, -0.1) is 0 Å². The van der Waals surface area contributed by atoms with E-state index >= 15 is 0 Å². The standard InChI is InChI=1S/C16H27FN4/c1-6-12(3)20-16(18-7-2)19-11-13-8-9-15(21(4)5)14(17)10-13/h8-10,12H,6-7,11H2,1-5H3,(H2,18,19,20). The van der Waals surface area contributed by atoms with E-state index in [4.69, 9.17) is 0 Å². The van der Waals surface area contributed by atoms with E-state index in [1.807, 2.05) is 27.1 Å². The highest BCUT2D eigenvalue weighted by atomic mass is 19.1. The smallest absolute Gasteiger partial charge is 0.191 e. The van der Waals surface area contributed by atoms with Gasteiger partial charge in [-0.1, -0.05) is 13.0 Å². The van der Waals surface area contributed by atoms with Gasteiger partial charge in [0.2, 0.25) is 0 Å². The fraction of sp³-hybridized carbons (Fsp3) is 0.562. The lowest BCUT2D eigenvalue weighted by molar-refractivity contribution is 0.620. The van der Waals surface area contributed by atoms with Crippen molar-refractivity contribution >= 4 is 11.6 Å². The third kappa shape index (κ3) is 5.61. The van der Waals surface area contributed by atoms with Gasteiger partial charge in [-0.2, -0.15) is 0 Å². The van der Waals surface area contributed by atoms with Crippen LogP contribution in [0.1, 0.15) is 32.8 Å². The number of benzene rings is 1. The molecule has 21 heavy (non-hydrogen) atoms. The summed E-state index contributed by atoms with van der Waals surface area (Å²) >= 11 is 0. The molecule has 0 saturated carbocycles. The Morgan fingerprint density at radius 3 is 2.57 bits per heavy atom. The van der Waals surface area contributed by atoms with Crippen molar-refractivity contribution in [2.24, 2.45) is 4.99 Å². The molecule has 0 heterocycles. The number of anilines is 1. The molecule has 0 aliphatic heterocycles. The average Bonchev–Trinajstić information content (AvgIpc) is 2.44. The summed E-state index contributed by atoms with van der Waals surface area (Å²) in [4.78, 5) is 6.26. The third-order valence-corrected chi connectivity index (χ3v) is 3.25. The van der Waals surface area contributed by atoms with Crippen molar-refractivity contribution in [1.82, 2.24) is 10.6 Å². The van der Waals surface area contributed by atoms with Crippen molar-refractivity contribution < 1.29 is 4.39 Å². The summed E-state index contributed by atoms with van der Waals surface area (Å²) in [5.74, 6) is 0.552. The maximum Gasteiger partial charge on any atom is 0.191 e. The Morgan fingerprint density at radius 2 is 2.05 bits per heavy atom. The van der Waals surface area contributed by atoms with Crippen molar-refractivity contribution in [3.8, 4) is 0 Å². The predicted molar refractivity (Wildman–Crippen MR) is 88.4 cm³/mol. The van der Waals surface area contributed by atoms with Crippen LogP contribution in [0.4, 0.5) is 10.1 Å². The lowest BCUT2D eigenvalue weighted by Crippen LogP contribution is -2.41. The van der Waals surface area contributed by atoms with Gasteiger partial charge in [0, 0.05) is 26.7 Å². The molecule has 1 unspecified atom stereocenters. The van der Waals surface area contributed by atoms with Crippen LogP contribution < -0.4 is 15.5 Å². The average molecular weight is 294 g/mol. The molecule has 0 spiro atoms. The van der Waals surface area contributed by atoms with Crippen LogP contribution in [0.5, 0.6) is 0 Å². The molecule has 0 bridgehead atoms. The van der Waals surface area contributed by atoms with E-state index in [0.717, 1.165) is 24.5 Å². The fourth-order valence-electron chi connectivity index (χ4n) is 1.84. The molecule has 0 aromatic heterocycles. The van der Waals surface area contributed by atoms with Crippen molar-refractivity contribution in [3.63, 3.8) is 0 Å². The summed E-state index contributed by atoms with van der Waals surface area (Å²) in [7, 11) is 3.66. The van der Waals surface area contributed by atoms with E-state index in [2.05, 4.69) is 29.5 Å². The Balaban J connectivity index is 2.78. The van der Waals surface area contributed by atoms with Crippen LogP contribution in [0.2, 0.25) is 0 Å². The van der Waals surface area contributed by atoms with E-state index in [9.17, 15) is 4.39 Å². The van der Waals surface area contributed by atoms with Crippen LogP contribution in [0.25, 0.3) is 0 Å². The summed E-state index contributed by atoms with van der Waals surface area (Å²) in [5.41, 5.74) is 1.45. The molecule has 118 valence electrons. The first-order valence-electron chi connectivity index (χ1n) is 7.48. The second-order valence-electron chi connectivity index (χ2n) is 5.33. The topological polar surface area (TPSA) is 39.7 Å². The Bertz CT molecular complexity index is 471.